The molecular weight excluding hydrogens is 210 g/mol. The zero-order valence-electron chi connectivity index (χ0n) is 8.66. The van der Waals surface area contributed by atoms with Crippen LogP contribution in [0.3, 0.4) is 0 Å². The Balaban J connectivity index is 2.32. The molecule has 1 aromatic rings. The summed E-state index contributed by atoms with van der Waals surface area (Å²) in [5.74, 6) is 0. The normalized spacial score (nSPS) is 21.2. The molecule has 0 fully saturated rings. The summed E-state index contributed by atoms with van der Waals surface area (Å²) in [5.41, 5.74) is 8.84. The highest BCUT2D eigenvalue weighted by molar-refractivity contribution is 6.31. The molecule has 0 radical (unpaired) electrons. The summed E-state index contributed by atoms with van der Waals surface area (Å²) in [4.78, 5) is 0. The van der Waals surface area contributed by atoms with Crippen LogP contribution in [-0.4, -0.2) is 12.7 Å². The molecule has 0 amide bonds. The number of benzene rings is 1. The molecule has 1 aliphatic heterocycles. The highest BCUT2D eigenvalue weighted by Crippen LogP contribution is 2.28. The molecule has 1 aliphatic rings. The first kappa shape index (κ1) is 10.5. The van der Waals surface area contributed by atoms with Crippen LogP contribution in [0, 0.1) is 0 Å². The van der Waals surface area contributed by atoms with Gasteiger partial charge in [-0.25, -0.2) is 0 Å². The highest BCUT2D eigenvalue weighted by atomic mass is 35.5. The zero-order chi connectivity index (χ0) is 10.8. The van der Waals surface area contributed by atoms with Crippen molar-refractivity contribution in [1.82, 2.24) is 0 Å². The first-order valence-corrected chi connectivity index (χ1v) is 5.40. The fourth-order valence-electron chi connectivity index (χ4n) is 1.80. The predicted octanol–water partition coefficient (Wildman–Crippen LogP) is 3.11. The van der Waals surface area contributed by atoms with Gasteiger partial charge < -0.3 is 10.5 Å². The first-order valence-electron chi connectivity index (χ1n) is 5.02. The number of ether oxygens (including phenoxy) is 1. The second-order valence-corrected chi connectivity index (χ2v) is 4.29. The predicted molar refractivity (Wildman–Crippen MR) is 63.9 cm³/mol. The van der Waals surface area contributed by atoms with Crippen molar-refractivity contribution in [2.45, 2.75) is 19.4 Å². The van der Waals surface area contributed by atoms with Gasteiger partial charge in [0.25, 0.3) is 0 Å². The van der Waals surface area contributed by atoms with E-state index in [1.165, 1.54) is 5.57 Å². The van der Waals surface area contributed by atoms with Gasteiger partial charge in [-0.15, -0.1) is 0 Å². The Morgan fingerprint density at radius 2 is 2.20 bits per heavy atom. The molecule has 1 atom stereocenters. The molecule has 15 heavy (non-hydrogen) atoms. The van der Waals surface area contributed by atoms with E-state index in [1.54, 1.807) is 6.07 Å². The second-order valence-electron chi connectivity index (χ2n) is 3.85. The summed E-state index contributed by atoms with van der Waals surface area (Å²) >= 11 is 5.97. The van der Waals surface area contributed by atoms with Gasteiger partial charge in [0.05, 0.1) is 12.7 Å². The molecule has 0 saturated heterocycles. The van der Waals surface area contributed by atoms with Gasteiger partial charge in [0, 0.05) is 10.7 Å². The molecule has 1 heterocycles. The first-order chi connectivity index (χ1) is 7.15. The van der Waals surface area contributed by atoms with Crippen molar-refractivity contribution < 1.29 is 4.74 Å². The summed E-state index contributed by atoms with van der Waals surface area (Å²) in [5, 5.41) is 0.685. The maximum atomic E-state index is 5.97. The Morgan fingerprint density at radius 3 is 2.87 bits per heavy atom. The van der Waals surface area contributed by atoms with Crippen LogP contribution in [0.4, 0.5) is 5.69 Å². The smallest absolute Gasteiger partial charge is 0.0657 e. The van der Waals surface area contributed by atoms with Crippen LogP contribution in [0.5, 0.6) is 0 Å². The quantitative estimate of drug-likeness (QED) is 0.743. The lowest BCUT2D eigenvalue weighted by Crippen LogP contribution is -2.14. The molecule has 2 N–H and O–H groups in total. The Kier molecular flexibility index (Phi) is 2.98. The monoisotopic (exact) mass is 223 g/mol. The van der Waals surface area contributed by atoms with Gasteiger partial charge in [0.15, 0.2) is 0 Å². The van der Waals surface area contributed by atoms with Gasteiger partial charge in [-0.2, -0.15) is 0 Å². The molecule has 1 aromatic carbocycles. The molecule has 0 spiro atoms. The van der Waals surface area contributed by atoms with Crippen LogP contribution in [0.25, 0.3) is 5.57 Å². The molecule has 0 aromatic heterocycles. The van der Waals surface area contributed by atoms with E-state index in [1.807, 2.05) is 12.1 Å². The van der Waals surface area contributed by atoms with Crippen molar-refractivity contribution in [2.24, 2.45) is 0 Å². The Bertz CT molecular complexity index is 380. The van der Waals surface area contributed by atoms with Crippen molar-refractivity contribution in [3.8, 4) is 0 Å². The van der Waals surface area contributed by atoms with Crippen molar-refractivity contribution in [1.29, 1.82) is 0 Å². The van der Waals surface area contributed by atoms with Crippen LogP contribution in [0.15, 0.2) is 24.3 Å². The number of hydrogen-bond donors (Lipinski definition) is 1. The van der Waals surface area contributed by atoms with E-state index in [0.717, 1.165) is 12.0 Å². The minimum Gasteiger partial charge on any atom is -0.399 e. The average Bonchev–Trinajstić information content (AvgIpc) is 2.16. The van der Waals surface area contributed by atoms with E-state index in [0.29, 0.717) is 17.3 Å². The molecule has 3 heteroatoms. The van der Waals surface area contributed by atoms with E-state index in [9.17, 15) is 0 Å². The summed E-state index contributed by atoms with van der Waals surface area (Å²) < 4.78 is 5.45. The third kappa shape index (κ3) is 2.52. The van der Waals surface area contributed by atoms with Gasteiger partial charge in [-0.1, -0.05) is 17.7 Å². The van der Waals surface area contributed by atoms with Crippen molar-refractivity contribution >= 4 is 22.9 Å². The number of halogens is 1. The maximum Gasteiger partial charge on any atom is 0.0657 e. The fourth-order valence-corrected chi connectivity index (χ4v) is 2.04. The number of hydrogen-bond acceptors (Lipinski definition) is 2. The summed E-state index contributed by atoms with van der Waals surface area (Å²) in [6.07, 6.45) is 3.27. The van der Waals surface area contributed by atoms with E-state index in [4.69, 9.17) is 22.1 Å². The minimum absolute atomic E-state index is 0.269. The molecule has 0 aliphatic carbocycles. The molecular formula is C12H14ClNO. The zero-order valence-corrected chi connectivity index (χ0v) is 9.42. The molecule has 0 bridgehead atoms. The lowest BCUT2D eigenvalue weighted by Gasteiger charge is -2.20. The number of nitrogens with two attached hydrogens (primary N) is 1. The van der Waals surface area contributed by atoms with Crippen molar-refractivity contribution in [3.63, 3.8) is 0 Å². The minimum atomic E-state index is 0.269. The molecule has 2 nitrogen and oxygen atoms in total. The number of rotatable bonds is 1. The van der Waals surface area contributed by atoms with Crippen LogP contribution in [0.2, 0.25) is 5.02 Å². The molecule has 0 saturated carbocycles. The van der Waals surface area contributed by atoms with Crippen LogP contribution < -0.4 is 5.73 Å². The number of nitrogen functional groups attached to an aromatic ring is 1. The fraction of sp³-hybridized carbons (Fsp3) is 0.333. The van der Waals surface area contributed by atoms with Gasteiger partial charge in [-0.3, -0.25) is 0 Å². The van der Waals surface area contributed by atoms with Crippen LogP contribution in [-0.2, 0) is 4.74 Å². The summed E-state index contributed by atoms with van der Waals surface area (Å²) in [6.45, 7) is 2.74. The highest BCUT2D eigenvalue weighted by Gasteiger charge is 2.13. The Morgan fingerprint density at radius 1 is 1.40 bits per heavy atom. The number of anilines is 1. The van der Waals surface area contributed by atoms with Crippen LogP contribution >= 0.6 is 11.6 Å². The Labute approximate surface area is 94.7 Å². The van der Waals surface area contributed by atoms with Gasteiger partial charge in [0.1, 0.15) is 0 Å². The van der Waals surface area contributed by atoms with E-state index in [-0.39, 0.29) is 6.10 Å². The summed E-state index contributed by atoms with van der Waals surface area (Å²) in [7, 11) is 0. The standard InChI is InChI=1S/C12H14ClNO/c1-8-4-9(2-3-15-8)10-5-11(13)7-12(14)6-10/h2,5-8H,3-4,14H2,1H3. The lowest BCUT2D eigenvalue weighted by atomic mass is 9.98. The molecule has 80 valence electrons. The largest absolute Gasteiger partial charge is 0.399 e. The van der Waals surface area contributed by atoms with Crippen LogP contribution in [0.1, 0.15) is 18.9 Å². The Hall–Kier alpha value is -0.990. The van der Waals surface area contributed by atoms with Gasteiger partial charge in [0.2, 0.25) is 0 Å². The maximum absolute atomic E-state index is 5.97. The van der Waals surface area contributed by atoms with E-state index in [2.05, 4.69) is 13.0 Å². The molecule has 2 rings (SSSR count). The third-order valence-corrected chi connectivity index (χ3v) is 2.73. The average molecular weight is 224 g/mol. The van der Waals surface area contributed by atoms with Gasteiger partial charge in [-0.05, 0) is 42.7 Å². The van der Waals surface area contributed by atoms with Crippen molar-refractivity contribution in [3.05, 3.63) is 34.9 Å². The van der Waals surface area contributed by atoms with Gasteiger partial charge >= 0.3 is 0 Å². The topological polar surface area (TPSA) is 35.2 Å². The molecule has 1 unspecified atom stereocenters. The van der Waals surface area contributed by atoms with Crippen molar-refractivity contribution in [2.75, 3.05) is 12.3 Å². The third-order valence-electron chi connectivity index (χ3n) is 2.51. The second kappa shape index (κ2) is 4.25. The van der Waals surface area contributed by atoms with E-state index >= 15 is 0 Å². The SMILES string of the molecule is CC1CC(c2cc(N)cc(Cl)c2)=CCO1. The lowest BCUT2D eigenvalue weighted by molar-refractivity contribution is 0.0851. The summed E-state index contributed by atoms with van der Waals surface area (Å²) in [6, 6.07) is 5.66. The van der Waals surface area contributed by atoms with E-state index < -0.39 is 0 Å².